The van der Waals surface area contributed by atoms with Crippen LogP contribution in [0.25, 0.3) is 0 Å². The number of hydrogen-bond donors (Lipinski definition) is 1. The predicted molar refractivity (Wildman–Crippen MR) is 161 cm³/mol. The quantitative estimate of drug-likeness (QED) is 0.248. The molecular weight excluding hydrogens is 526 g/mol. The summed E-state index contributed by atoms with van der Waals surface area (Å²) >= 11 is 1.63. The molecular formula is C31H41N3O5S. The Morgan fingerprint density at radius 1 is 0.875 bits per heavy atom. The molecule has 1 N–H and O–H groups in total. The maximum atomic E-state index is 13.8. The highest BCUT2D eigenvalue weighted by Gasteiger charge is 2.23. The average Bonchev–Trinajstić information content (AvgIpc) is 3.35. The van der Waals surface area contributed by atoms with E-state index in [1.807, 2.05) is 60.5 Å². The molecule has 3 aromatic rings. The van der Waals surface area contributed by atoms with E-state index in [4.69, 9.17) is 14.2 Å². The van der Waals surface area contributed by atoms with E-state index in [0.29, 0.717) is 50.6 Å². The molecule has 0 saturated heterocycles. The summed E-state index contributed by atoms with van der Waals surface area (Å²) in [4.78, 5) is 31.7. The summed E-state index contributed by atoms with van der Waals surface area (Å²) in [6.07, 6.45) is 1.26. The molecule has 0 bridgehead atoms. The number of amides is 3. The maximum absolute atomic E-state index is 13.8. The smallest absolute Gasteiger partial charge is 0.322 e. The number of rotatable bonds is 14. The normalized spacial score (nSPS) is 10.8. The van der Waals surface area contributed by atoms with Crippen LogP contribution in [0.5, 0.6) is 11.5 Å². The number of benzene rings is 2. The third kappa shape index (κ3) is 8.72. The number of ether oxygens (including phenoxy) is 3. The SMILES string of the molecule is COCCCN(CC(=O)N(CCc1ccc(OC)c(OC)c1)Cc1sccc1C)C(=O)Nc1ccc(C)cc1C. The monoisotopic (exact) mass is 567 g/mol. The van der Waals surface area contributed by atoms with Crippen LogP contribution in [0.3, 0.4) is 0 Å². The molecule has 1 heterocycles. The summed E-state index contributed by atoms with van der Waals surface area (Å²) in [6.45, 7) is 7.88. The molecule has 40 heavy (non-hydrogen) atoms. The van der Waals surface area contributed by atoms with E-state index < -0.39 is 0 Å². The molecule has 0 unspecified atom stereocenters. The van der Waals surface area contributed by atoms with Crippen molar-refractivity contribution in [1.29, 1.82) is 0 Å². The van der Waals surface area contributed by atoms with Crippen LogP contribution in [-0.2, 0) is 22.5 Å². The fraction of sp³-hybridized carbons (Fsp3) is 0.419. The van der Waals surface area contributed by atoms with Crippen molar-refractivity contribution < 1.29 is 23.8 Å². The lowest BCUT2D eigenvalue weighted by Gasteiger charge is -2.28. The van der Waals surface area contributed by atoms with Crippen LogP contribution in [0.2, 0.25) is 0 Å². The summed E-state index contributed by atoms with van der Waals surface area (Å²) in [6, 6.07) is 13.4. The number of urea groups is 1. The zero-order chi connectivity index (χ0) is 29.1. The molecule has 2 aromatic carbocycles. The zero-order valence-corrected chi connectivity index (χ0v) is 25.2. The highest BCUT2D eigenvalue weighted by atomic mass is 32.1. The number of aryl methyl sites for hydroxylation is 3. The minimum atomic E-state index is -0.302. The van der Waals surface area contributed by atoms with Gasteiger partial charge in [0.05, 0.1) is 20.8 Å². The van der Waals surface area contributed by atoms with Gasteiger partial charge in [0.2, 0.25) is 5.91 Å². The third-order valence-corrected chi connectivity index (χ3v) is 7.79. The number of nitrogens with one attached hydrogen (secondary N) is 1. The first-order valence-corrected chi connectivity index (χ1v) is 14.3. The van der Waals surface area contributed by atoms with E-state index in [0.717, 1.165) is 32.8 Å². The average molecular weight is 568 g/mol. The summed E-state index contributed by atoms with van der Waals surface area (Å²) in [7, 11) is 4.85. The molecule has 0 aliphatic rings. The summed E-state index contributed by atoms with van der Waals surface area (Å²) < 4.78 is 16.0. The Kier molecular flexibility index (Phi) is 11.8. The van der Waals surface area contributed by atoms with Gasteiger partial charge in [-0.1, -0.05) is 23.8 Å². The first-order chi connectivity index (χ1) is 19.2. The number of thiophene rings is 1. The van der Waals surface area contributed by atoms with Crippen LogP contribution < -0.4 is 14.8 Å². The van der Waals surface area contributed by atoms with Gasteiger partial charge in [-0.05, 0) is 79.9 Å². The van der Waals surface area contributed by atoms with Crippen LogP contribution >= 0.6 is 11.3 Å². The lowest BCUT2D eigenvalue weighted by atomic mass is 10.1. The molecule has 0 fully saturated rings. The van der Waals surface area contributed by atoms with Crippen LogP contribution in [0.1, 0.15) is 33.6 Å². The lowest BCUT2D eigenvalue weighted by Crippen LogP contribution is -2.45. The van der Waals surface area contributed by atoms with E-state index in [-0.39, 0.29) is 18.5 Å². The number of hydrogen-bond acceptors (Lipinski definition) is 6. The molecule has 0 spiro atoms. The third-order valence-electron chi connectivity index (χ3n) is 6.79. The Morgan fingerprint density at radius 2 is 1.65 bits per heavy atom. The number of carbonyl (C=O) groups is 2. The van der Waals surface area contributed by atoms with Crippen molar-refractivity contribution in [1.82, 2.24) is 9.80 Å². The van der Waals surface area contributed by atoms with E-state index in [9.17, 15) is 9.59 Å². The van der Waals surface area contributed by atoms with Crippen molar-refractivity contribution in [2.24, 2.45) is 0 Å². The van der Waals surface area contributed by atoms with Gasteiger partial charge in [-0.3, -0.25) is 4.79 Å². The van der Waals surface area contributed by atoms with Crippen molar-refractivity contribution in [3.63, 3.8) is 0 Å². The van der Waals surface area contributed by atoms with Gasteiger partial charge >= 0.3 is 6.03 Å². The van der Waals surface area contributed by atoms with Crippen molar-refractivity contribution in [3.05, 3.63) is 75.0 Å². The van der Waals surface area contributed by atoms with Gasteiger partial charge in [-0.25, -0.2) is 4.79 Å². The van der Waals surface area contributed by atoms with Gasteiger partial charge < -0.3 is 29.3 Å². The van der Waals surface area contributed by atoms with Gasteiger partial charge in [0.1, 0.15) is 6.54 Å². The Bertz CT molecular complexity index is 1280. The van der Waals surface area contributed by atoms with Crippen molar-refractivity contribution >= 4 is 29.0 Å². The molecule has 0 radical (unpaired) electrons. The molecule has 8 nitrogen and oxygen atoms in total. The van der Waals surface area contributed by atoms with Crippen LogP contribution in [0, 0.1) is 20.8 Å². The second-order valence-corrected chi connectivity index (χ2v) is 10.8. The number of anilines is 1. The van der Waals surface area contributed by atoms with Crippen LogP contribution in [0.4, 0.5) is 10.5 Å². The van der Waals surface area contributed by atoms with Crippen LogP contribution in [-0.4, -0.2) is 69.3 Å². The Labute approximate surface area is 241 Å². The summed E-state index contributed by atoms with van der Waals surface area (Å²) in [5, 5.41) is 5.03. The van der Waals surface area contributed by atoms with Gasteiger partial charge in [-0.15, -0.1) is 11.3 Å². The fourth-order valence-corrected chi connectivity index (χ4v) is 5.32. The van der Waals surface area contributed by atoms with E-state index >= 15 is 0 Å². The predicted octanol–water partition coefficient (Wildman–Crippen LogP) is 5.83. The van der Waals surface area contributed by atoms with Gasteiger partial charge in [0.15, 0.2) is 11.5 Å². The van der Waals surface area contributed by atoms with Gasteiger partial charge in [-0.2, -0.15) is 0 Å². The second kappa shape index (κ2) is 15.3. The Balaban J connectivity index is 1.78. The fourth-order valence-electron chi connectivity index (χ4n) is 4.40. The topological polar surface area (TPSA) is 80.3 Å². The van der Waals surface area contributed by atoms with Gasteiger partial charge in [0, 0.05) is 37.4 Å². The van der Waals surface area contributed by atoms with Crippen LogP contribution in [0.15, 0.2) is 47.8 Å². The number of methoxy groups -OCH3 is 3. The summed E-state index contributed by atoms with van der Waals surface area (Å²) in [5.74, 6) is 1.20. The molecule has 0 aliphatic heterocycles. The first kappa shape index (κ1) is 31.0. The number of carbonyl (C=O) groups excluding carboxylic acids is 2. The highest BCUT2D eigenvalue weighted by Crippen LogP contribution is 2.28. The molecule has 0 atom stereocenters. The largest absolute Gasteiger partial charge is 0.493 e. The van der Waals surface area contributed by atoms with Crippen molar-refractivity contribution in [2.75, 3.05) is 52.9 Å². The van der Waals surface area contributed by atoms with E-state index in [1.54, 1.807) is 37.6 Å². The minimum Gasteiger partial charge on any atom is -0.493 e. The molecule has 216 valence electrons. The van der Waals surface area contributed by atoms with Crippen molar-refractivity contribution in [3.8, 4) is 11.5 Å². The molecule has 3 rings (SSSR count). The van der Waals surface area contributed by atoms with E-state index in [1.165, 1.54) is 0 Å². The Morgan fingerprint density at radius 3 is 2.30 bits per heavy atom. The van der Waals surface area contributed by atoms with E-state index in [2.05, 4.69) is 18.3 Å². The zero-order valence-electron chi connectivity index (χ0n) is 24.4. The molecule has 3 amide bonds. The molecule has 0 saturated carbocycles. The number of nitrogens with zero attached hydrogens (tertiary/aromatic N) is 2. The second-order valence-electron chi connectivity index (χ2n) is 9.80. The Hall–Kier alpha value is -3.56. The summed E-state index contributed by atoms with van der Waals surface area (Å²) in [5.41, 5.74) is 5.01. The first-order valence-electron chi connectivity index (χ1n) is 13.4. The molecule has 9 heteroatoms. The minimum absolute atomic E-state index is 0.0309. The maximum Gasteiger partial charge on any atom is 0.322 e. The lowest BCUT2D eigenvalue weighted by molar-refractivity contribution is -0.132. The highest BCUT2D eigenvalue weighted by molar-refractivity contribution is 7.10. The molecule has 1 aromatic heterocycles. The van der Waals surface area contributed by atoms with Gasteiger partial charge in [0.25, 0.3) is 0 Å². The standard InChI is InChI=1S/C31H41N3O5S/c1-22-8-10-26(24(3)18-22)32-31(36)34(14-7-16-37-4)21-30(35)33(20-29-23(2)13-17-40-29)15-12-25-9-11-27(38-5)28(19-25)39-6/h8-11,13,17-19H,7,12,14-16,20-21H2,1-6H3,(H,32,36). The molecule has 0 aliphatic carbocycles. The van der Waals surface area contributed by atoms with Crippen molar-refractivity contribution in [2.45, 2.75) is 40.2 Å².